The lowest BCUT2D eigenvalue weighted by Crippen LogP contribution is -2.24. The lowest BCUT2D eigenvalue weighted by atomic mass is 10.1. The summed E-state index contributed by atoms with van der Waals surface area (Å²) in [6.07, 6.45) is 0. The monoisotopic (exact) mass is 462 g/mol. The van der Waals surface area contributed by atoms with Crippen LogP contribution in [0.25, 0.3) is 0 Å². The van der Waals surface area contributed by atoms with E-state index in [0.29, 0.717) is 29.6 Å². The Kier molecular flexibility index (Phi) is 6.60. The van der Waals surface area contributed by atoms with E-state index in [-0.39, 0.29) is 17.2 Å². The van der Waals surface area contributed by atoms with E-state index in [1.807, 2.05) is 54.9 Å². The zero-order chi connectivity index (χ0) is 23.4. The van der Waals surface area contributed by atoms with Crippen LogP contribution in [0.15, 0.2) is 71.1 Å². The van der Waals surface area contributed by atoms with Gasteiger partial charge in [-0.25, -0.2) is 0 Å². The van der Waals surface area contributed by atoms with Crippen molar-refractivity contribution in [3.8, 4) is 0 Å². The molecule has 0 unspecified atom stereocenters. The van der Waals surface area contributed by atoms with Gasteiger partial charge in [-0.1, -0.05) is 41.9 Å². The van der Waals surface area contributed by atoms with E-state index >= 15 is 0 Å². The van der Waals surface area contributed by atoms with Crippen LogP contribution >= 0.6 is 11.6 Å². The molecule has 0 fully saturated rings. The third kappa shape index (κ3) is 5.51. The van der Waals surface area contributed by atoms with Crippen molar-refractivity contribution < 1.29 is 14.0 Å². The third-order valence-corrected chi connectivity index (χ3v) is 5.30. The quantitative estimate of drug-likeness (QED) is 0.405. The second kappa shape index (κ2) is 9.75. The second-order valence-corrected chi connectivity index (χ2v) is 8.10. The number of amides is 2. The topological polar surface area (TPSA) is 89.2 Å². The molecule has 33 heavy (non-hydrogen) atoms. The molecule has 4 rings (SSSR count). The number of aromatic nitrogens is 2. The number of furan rings is 1. The number of carbonyl (C=O) groups excluding carboxylic acids is 2. The van der Waals surface area contributed by atoms with Gasteiger partial charge in [0.15, 0.2) is 5.76 Å². The molecule has 8 heteroatoms. The number of carbonyl (C=O) groups is 2. The number of hydrogen-bond acceptors (Lipinski definition) is 4. The maximum atomic E-state index is 12.8. The summed E-state index contributed by atoms with van der Waals surface area (Å²) in [5.74, 6) is -0.0734. The Balaban J connectivity index is 1.46. The molecule has 7 nitrogen and oxygen atoms in total. The van der Waals surface area contributed by atoms with Gasteiger partial charge in [0.2, 0.25) is 0 Å². The van der Waals surface area contributed by atoms with E-state index in [2.05, 4.69) is 15.7 Å². The molecule has 168 valence electrons. The van der Waals surface area contributed by atoms with Gasteiger partial charge in [-0.3, -0.25) is 14.3 Å². The fourth-order valence-electron chi connectivity index (χ4n) is 3.44. The second-order valence-electron chi connectivity index (χ2n) is 7.66. The summed E-state index contributed by atoms with van der Waals surface area (Å²) in [5.41, 5.74) is 3.48. The highest BCUT2D eigenvalue weighted by Gasteiger charge is 2.18. The maximum absolute atomic E-state index is 12.8. The number of anilines is 1. The predicted octanol–water partition coefficient (Wildman–Crippen LogP) is 4.98. The molecule has 4 aromatic rings. The number of aryl methyl sites for hydroxylation is 2. The number of hydrogen-bond donors (Lipinski definition) is 2. The van der Waals surface area contributed by atoms with E-state index in [1.54, 1.807) is 24.3 Å². The molecule has 0 atom stereocenters. The molecule has 2 aromatic carbocycles. The average Bonchev–Trinajstić information content (AvgIpc) is 3.40. The first-order chi connectivity index (χ1) is 15.9. The van der Waals surface area contributed by atoms with Gasteiger partial charge in [0, 0.05) is 17.3 Å². The smallest absolute Gasteiger partial charge is 0.291 e. The molecule has 2 aromatic heterocycles. The van der Waals surface area contributed by atoms with Crippen LogP contribution in [0.1, 0.15) is 43.6 Å². The van der Waals surface area contributed by atoms with Crippen molar-refractivity contribution in [1.29, 1.82) is 0 Å². The molecule has 0 bridgehead atoms. The number of benzene rings is 2. The Morgan fingerprint density at radius 3 is 2.52 bits per heavy atom. The van der Waals surface area contributed by atoms with E-state index in [4.69, 9.17) is 16.0 Å². The molecule has 0 spiro atoms. The zero-order valence-electron chi connectivity index (χ0n) is 18.3. The molecule has 2 amide bonds. The van der Waals surface area contributed by atoms with Crippen LogP contribution in [0.5, 0.6) is 0 Å². The van der Waals surface area contributed by atoms with E-state index in [1.165, 1.54) is 6.07 Å². The Morgan fingerprint density at radius 1 is 1.00 bits per heavy atom. The Labute approximate surface area is 196 Å². The SMILES string of the molecule is Cc1cc(C)n(Cc2ccc(C(=O)Nc3ccc(Cl)cc3C(=O)NCc3ccccc3)o2)n1. The van der Waals surface area contributed by atoms with Crippen molar-refractivity contribution >= 4 is 29.1 Å². The van der Waals surface area contributed by atoms with Crippen molar-refractivity contribution in [3.63, 3.8) is 0 Å². The fraction of sp³-hybridized carbons (Fsp3) is 0.160. The Hall–Kier alpha value is -3.84. The van der Waals surface area contributed by atoms with Crippen LogP contribution in [-0.2, 0) is 13.1 Å². The lowest BCUT2D eigenvalue weighted by Gasteiger charge is -2.11. The van der Waals surface area contributed by atoms with Crippen LogP contribution in [-0.4, -0.2) is 21.6 Å². The minimum absolute atomic E-state index is 0.136. The highest BCUT2D eigenvalue weighted by molar-refractivity contribution is 6.31. The molecule has 0 aliphatic heterocycles. The van der Waals surface area contributed by atoms with Crippen molar-refractivity contribution in [2.45, 2.75) is 26.9 Å². The van der Waals surface area contributed by atoms with Gasteiger partial charge in [0.1, 0.15) is 5.76 Å². The Morgan fingerprint density at radius 2 is 1.79 bits per heavy atom. The lowest BCUT2D eigenvalue weighted by molar-refractivity contribution is 0.0951. The molecular weight excluding hydrogens is 440 g/mol. The number of nitrogens with one attached hydrogen (secondary N) is 2. The fourth-order valence-corrected chi connectivity index (χ4v) is 3.61. The van der Waals surface area contributed by atoms with Crippen molar-refractivity contribution in [2.75, 3.05) is 5.32 Å². The van der Waals surface area contributed by atoms with Gasteiger partial charge >= 0.3 is 0 Å². The summed E-state index contributed by atoms with van der Waals surface area (Å²) in [4.78, 5) is 25.6. The average molecular weight is 463 g/mol. The van der Waals surface area contributed by atoms with Crippen LogP contribution < -0.4 is 10.6 Å². The predicted molar refractivity (Wildman–Crippen MR) is 127 cm³/mol. The molecule has 0 radical (unpaired) electrons. The highest BCUT2D eigenvalue weighted by Crippen LogP contribution is 2.22. The van der Waals surface area contributed by atoms with E-state index < -0.39 is 5.91 Å². The van der Waals surface area contributed by atoms with Gasteiger partial charge in [0.05, 0.1) is 23.5 Å². The first kappa shape index (κ1) is 22.4. The minimum Gasteiger partial charge on any atom is -0.454 e. The molecule has 0 aliphatic carbocycles. The van der Waals surface area contributed by atoms with Gasteiger partial charge in [-0.2, -0.15) is 5.10 Å². The van der Waals surface area contributed by atoms with Crippen molar-refractivity contribution in [2.24, 2.45) is 0 Å². The first-order valence-electron chi connectivity index (χ1n) is 10.4. The molecule has 0 aliphatic rings. The Bertz CT molecular complexity index is 1290. The van der Waals surface area contributed by atoms with Crippen LogP contribution in [0, 0.1) is 13.8 Å². The molecule has 2 N–H and O–H groups in total. The summed E-state index contributed by atoms with van der Waals surface area (Å²) >= 11 is 6.11. The normalized spacial score (nSPS) is 10.8. The summed E-state index contributed by atoms with van der Waals surface area (Å²) < 4.78 is 7.53. The van der Waals surface area contributed by atoms with Crippen LogP contribution in [0.2, 0.25) is 5.02 Å². The van der Waals surface area contributed by atoms with Crippen LogP contribution in [0.4, 0.5) is 5.69 Å². The summed E-state index contributed by atoms with van der Waals surface area (Å²) in [5, 5.41) is 10.4. The van der Waals surface area contributed by atoms with Gasteiger partial charge < -0.3 is 15.1 Å². The summed E-state index contributed by atoms with van der Waals surface area (Å²) in [7, 11) is 0. The van der Waals surface area contributed by atoms with Crippen molar-refractivity contribution in [3.05, 3.63) is 106 Å². The maximum Gasteiger partial charge on any atom is 0.291 e. The molecular formula is C25H23ClN4O3. The van der Waals surface area contributed by atoms with Gasteiger partial charge in [-0.15, -0.1) is 0 Å². The first-order valence-corrected chi connectivity index (χ1v) is 10.8. The largest absolute Gasteiger partial charge is 0.454 e. The minimum atomic E-state index is -0.464. The van der Waals surface area contributed by atoms with E-state index in [0.717, 1.165) is 17.0 Å². The summed E-state index contributed by atoms with van der Waals surface area (Å²) in [6.45, 7) is 4.65. The standard InChI is InChI=1S/C25H23ClN4O3/c1-16-12-17(2)30(29-16)15-20-9-11-23(33-20)25(32)28-22-10-8-19(26)13-21(22)24(31)27-14-18-6-4-3-5-7-18/h3-13H,14-15H2,1-2H3,(H,27,31)(H,28,32). The number of rotatable bonds is 7. The summed E-state index contributed by atoms with van der Waals surface area (Å²) in [6, 6.07) is 19.6. The van der Waals surface area contributed by atoms with Gasteiger partial charge in [-0.05, 0) is 55.8 Å². The molecule has 0 saturated heterocycles. The van der Waals surface area contributed by atoms with Crippen LogP contribution in [0.3, 0.4) is 0 Å². The third-order valence-electron chi connectivity index (χ3n) is 5.06. The zero-order valence-corrected chi connectivity index (χ0v) is 19.0. The molecule has 0 saturated carbocycles. The number of nitrogens with zero attached hydrogens (tertiary/aromatic N) is 2. The van der Waals surface area contributed by atoms with Gasteiger partial charge in [0.25, 0.3) is 11.8 Å². The highest BCUT2D eigenvalue weighted by atomic mass is 35.5. The van der Waals surface area contributed by atoms with Crippen molar-refractivity contribution in [1.82, 2.24) is 15.1 Å². The molecule has 2 heterocycles. The van der Waals surface area contributed by atoms with E-state index in [9.17, 15) is 9.59 Å². The number of halogens is 1.